The predicted octanol–water partition coefficient (Wildman–Crippen LogP) is 7.15. The summed E-state index contributed by atoms with van der Waals surface area (Å²) in [6.45, 7) is 13.7. The predicted molar refractivity (Wildman–Crippen MR) is 142 cm³/mol. The van der Waals surface area contributed by atoms with Crippen molar-refractivity contribution >= 4 is 35.1 Å². The van der Waals surface area contributed by atoms with Crippen LogP contribution in [0.25, 0.3) is 0 Å². The molecule has 1 rings (SSSR count). The number of aliphatic hydroxyl groups excluding tert-OH is 1. The van der Waals surface area contributed by atoms with Crippen LogP contribution in [0.2, 0.25) is 0 Å². The van der Waals surface area contributed by atoms with Gasteiger partial charge in [0.25, 0.3) is 0 Å². The van der Waals surface area contributed by atoms with Gasteiger partial charge in [-0.1, -0.05) is 38.0 Å². The summed E-state index contributed by atoms with van der Waals surface area (Å²) < 4.78 is 0.00293. The standard InChI is InChI=1S/C27H44O3S2/c1-7-8-9-11-21(4)16-25(29)23(6)18-26(30)22(5)17-24(28)12-13-27(19-20(2)3)31-14-10-15-32-27/h7,18-19,21-22,25,29H,1,8-17H2,2-6H3/b23-18+/t21-,22-,25?/m0/s1. The van der Waals surface area contributed by atoms with E-state index in [1.807, 2.05) is 43.4 Å². The number of hydrogen-bond donors (Lipinski definition) is 1. The zero-order valence-electron chi connectivity index (χ0n) is 20.8. The van der Waals surface area contributed by atoms with Gasteiger partial charge in [0.05, 0.1) is 10.2 Å². The maximum Gasteiger partial charge on any atom is 0.158 e. The molecule has 1 saturated heterocycles. The molecular weight excluding hydrogens is 436 g/mol. The minimum absolute atomic E-state index is 0.00293. The molecule has 1 N–H and O–H groups in total. The Kier molecular flexibility index (Phi) is 13.9. The second-order valence-electron chi connectivity index (χ2n) is 9.59. The van der Waals surface area contributed by atoms with E-state index in [9.17, 15) is 14.7 Å². The zero-order chi connectivity index (χ0) is 24.1. The van der Waals surface area contributed by atoms with Crippen molar-refractivity contribution in [2.45, 2.75) is 96.2 Å². The molecule has 0 bridgehead atoms. The van der Waals surface area contributed by atoms with E-state index >= 15 is 0 Å². The highest BCUT2D eigenvalue weighted by molar-refractivity contribution is 8.19. The Labute approximate surface area is 205 Å². The highest BCUT2D eigenvalue weighted by Gasteiger charge is 2.32. The highest BCUT2D eigenvalue weighted by Crippen LogP contribution is 2.47. The number of unbranched alkanes of at least 4 members (excludes halogenated alkanes) is 1. The van der Waals surface area contributed by atoms with Gasteiger partial charge < -0.3 is 5.11 Å². The molecule has 1 heterocycles. The molecule has 32 heavy (non-hydrogen) atoms. The van der Waals surface area contributed by atoms with E-state index in [0.29, 0.717) is 24.3 Å². The molecule has 0 saturated carbocycles. The van der Waals surface area contributed by atoms with Crippen LogP contribution in [0.1, 0.15) is 86.0 Å². The average Bonchev–Trinajstić information content (AvgIpc) is 2.72. The first-order valence-corrected chi connectivity index (χ1v) is 14.0. The fourth-order valence-corrected chi connectivity index (χ4v) is 7.36. The number of carbonyl (C=O) groups is 2. The molecule has 0 aliphatic carbocycles. The number of allylic oxidation sites excluding steroid dienone is 3. The Bertz CT molecular complexity index is 670. The van der Waals surface area contributed by atoms with Crippen LogP contribution < -0.4 is 0 Å². The van der Waals surface area contributed by atoms with Crippen LogP contribution >= 0.6 is 23.5 Å². The highest BCUT2D eigenvalue weighted by atomic mass is 32.2. The summed E-state index contributed by atoms with van der Waals surface area (Å²) in [7, 11) is 0. The van der Waals surface area contributed by atoms with Crippen LogP contribution in [-0.2, 0) is 9.59 Å². The van der Waals surface area contributed by atoms with Crippen molar-refractivity contribution in [3.05, 3.63) is 36.0 Å². The molecule has 0 aromatic carbocycles. The lowest BCUT2D eigenvalue weighted by Gasteiger charge is -2.34. The Hall–Kier alpha value is -0.780. The lowest BCUT2D eigenvalue weighted by Crippen LogP contribution is -2.25. The van der Waals surface area contributed by atoms with E-state index in [4.69, 9.17) is 0 Å². The first kappa shape index (κ1) is 29.3. The first-order valence-electron chi connectivity index (χ1n) is 12.0. The number of aliphatic hydroxyl groups is 1. The van der Waals surface area contributed by atoms with Gasteiger partial charge in [-0.15, -0.1) is 30.1 Å². The molecule has 0 radical (unpaired) electrons. The molecule has 0 aromatic heterocycles. The number of carbonyl (C=O) groups excluding carboxylic acids is 2. The number of Topliss-reactive ketones (excluding diaryl/α,β-unsaturated/α-hetero) is 1. The van der Waals surface area contributed by atoms with Crippen molar-refractivity contribution in [1.82, 2.24) is 0 Å². The second kappa shape index (κ2) is 15.2. The molecule has 1 aliphatic rings. The zero-order valence-corrected chi connectivity index (χ0v) is 22.5. The van der Waals surface area contributed by atoms with E-state index in [0.717, 1.165) is 37.2 Å². The Morgan fingerprint density at radius 1 is 1.16 bits per heavy atom. The van der Waals surface area contributed by atoms with Gasteiger partial charge >= 0.3 is 0 Å². The molecule has 182 valence electrons. The van der Waals surface area contributed by atoms with Crippen molar-refractivity contribution in [3.8, 4) is 0 Å². The van der Waals surface area contributed by atoms with Crippen molar-refractivity contribution in [1.29, 1.82) is 0 Å². The van der Waals surface area contributed by atoms with Crippen LogP contribution in [0, 0.1) is 11.8 Å². The van der Waals surface area contributed by atoms with Crippen molar-refractivity contribution in [2.24, 2.45) is 11.8 Å². The minimum Gasteiger partial charge on any atom is -0.389 e. The van der Waals surface area contributed by atoms with Gasteiger partial charge in [-0.3, -0.25) is 9.59 Å². The maximum absolute atomic E-state index is 12.7. The molecular formula is C27H44O3S2. The lowest BCUT2D eigenvalue weighted by molar-refractivity contribution is -0.125. The third kappa shape index (κ3) is 11.4. The van der Waals surface area contributed by atoms with Crippen molar-refractivity contribution in [3.63, 3.8) is 0 Å². The molecule has 1 aliphatic heterocycles. The Morgan fingerprint density at radius 2 is 1.81 bits per heavy atom. The number of hydrogen-bond acceptors (Lipinski definition) is 5. The third-order valence-corrected chi connectivity index (χ3v) is 9.20. The van der Waals surface area contributed by atoms with Crippen molar-refractivity contribution < 1.29 is 14.7 Å². The normalized spacial score (nSPS) is 19.0. The van der Waals surface area contributed by atoms with Crippen LogP contribution in [0.4, 0.5) is 0 Å². The summed E-state index contributed by atoms with van der Waals surface area (Å²) in [5.41, 5.74) is 1.99. The fraction of sp³-hybridized carbons (Fsp3) is 0.704. The van der Waals surface area contributed by atoms with Gasteiger partial charge in [0.2, 0.25) is 0 Å². The van der Waals surface area contributed by atoms with Crippen molar-refractivity contribution in [2.75, 3.05) is 11.5 Å². The van der Waals surface area contributed by atoms with Gasteiger partial charge in [0, 0.05) is 18.8 Å². The van der Waals surface area contributed by atoms with Gasteiger partial charge in [-0.25, -0.2) is 0 Å². The van der Waals surface area contributed by atoms with Gasteiger partial charge in [0.15, 0.2) is 5.78 Å². The summed E-state index contributed by atoms with van der Waals surface area (Å²) in [5, 5.41) is 10.5. The maximum atomic E-state index is 12.7. The lowest BCUT2D eigenvalue weighted by atomic mass is 9.92. The molecule has 1 unspecified atom stereocenters. The van der Waals surface area contributed by atoms with E-state index in [2.05, 4.69) is 33.4 Å². The molecule has 0 aromatic rings. The molecule has 3 atom stereocenters. The molecule has 0 amide bonds. The summed E-state index contributed by atoms with van der Waals surface area (Å²) in [5.74, 6) is 2.42. The first-order chi connectivity index (χ1) is 15.1. The molecule has 0 spiro atoms. The number of ketones is 2. The third-order valence-electron chi connectivity index (χ3n) is 5.89. The van der Waals surface area contributed by atoms with Gasteiger partial charge in [-0.05, 0) is 81.9 Å². The number of thioether (sulfide) groups is 2. The van der Waals surface area contributed by atoms with E-state index in [1.165, 1.54) is 12.0 Å². The largest absolute Gasteiger partial charge is 0.389 e. The summed E-state index contributed by atoms with van der Waals surface area (Å²) in [6.07, 6.45) is 11.8. The minimum atomic E-state index is -0.607. The summed E-state index contributed by atoms with van der Waals surface area (Å²) >= 11 is 3.91. The monoisotopic (exact) mass is 480 g/mol. The summed E-state index contributed by atoms with van der Waals surface area (Å²) in [6, 6.07) is 0. The van der Waals surface area contributed by atoms with Crippen LogP contribution in [0.15, 0.2) is 36.0 Å². The van der Waals surface area contributed by atoms with Crippen LogP contribution in [0.3, 0.4) is 0 Å². The van der Waals surface area contributed by atoms with Gasteiger partial charge in [0.1, 0.15) is 5.78 Å². The van der Waals surface area contributed by atoms with Crippen LogP contribution in [-0.4, -0.2) is 38.4 Å². The van der Waals surface area contributed by atoms with Gasteiger partial charge in [-0.2, -0.15) is 0 Å². The SMILES string of the molecule is C=CCCC[C@H](C)CC(O)/C(C)=C/C(=O)[C@@H](C)CC(=O)CCC1(C=C(C)C)SCCCS1. The summed E-state index contributed by atoms with van der Waals surface area (Å²) in [4.78, 5) is 25.3. The quantitative estimate of drug-likeness (QED) is 0.153. The van der Waals surface area contributed by atoms with Crippen LogP contribution in [0.5, 0.6) is 0 Å². The fourth-order valence-electron chi connectivity index (χ4n) is 3.95. The van der Waals surface area contributed by atoms with E-state index in [-0.39, 0.29) is 28.0 Å². The molecule has 1 fully saturated rings. The molecule has 3 nitrogen and oxygen atoms in total. The second-order valence-corrected chi connectivity index (χ2v) is 12.7. The van der Waals surface area contributed by atoms with E-state index < -0.39 is 6.10 Å². The topological polar surface area (TPSA) is 54.4 Å². The molecule has 5 heteroatoms. The Balaban J connectivity index is 2.54. The Morgan fingerprint density at radius 3 is 2.41 bits per heavy atom. The van der Waals surface area contributed by atoms with E-state index in [1.54, 1.807) is 6.08 Å². The number of rotatable bonds is 15. The smallest absolute Gasteiger partial charge is 0.158 e. The average molecular weight is 481 g/mol.